The first-order chi connectivity index (χ1) is 30.1. The summed E-state index contributed by atoms with van der Waals surface area (Å²) in [4.78, 5) is 75.0. The maximum Gasteiger partial charge on any atom is 0.324 e. The van der Waals surface area contributed by atoms with Gasteiger partial charge in [0.2, 0.25) is 17.5 Å². The molecule has 5 aliphatic heterocycles. The van der Waals surface area contributed by atoms with Gasteiger partial charge in [0.05, 0.1) is 11.8 Å². The van der Waals surface area contributed by atoms with Gasteiger partial charge in [0.25, 0.3) is 5.91 Å². The van der Waals surface area contributed by atoms with Gasteiger partial charge in [0, 0.05) is 70.8 Å². The summed E-state index contributed by atoms with van der Waals surface area (Å²) in [7, 11) is 4.10. The number of hydrogen-bond donors (Lipinski definition) is 3. The predicted octanol–water partition coefficient (Wildman–Crippen LogP) is 5.65. The minimum absolute atomic E-state index is 0.0224. The third-order valence-electron chi connectivity index (χ3n) is 15.6. The molecule has 3 fully saturated rings. The maximum atomic E-state index is 15.6. The molecular weight excluding hydrogens is 795 g/mol. The Morgan fingerprint density at radius 3 is 2.00 bits per heavy atom. The molecule has 11 rings (SSSR count). The van der Waals surface area contributed by atoms with Gasteiger partial charge >= 0.3 is 11.9 Å². The average Bonchev–Trinajstić information content (AvgIpc) is 4.01. The zero-order valence-electron chi connectivity index (χ0n) is 37.6. The molecular formula is C50H59N7O6. The van der Waals surface area contributed by atoms with E-state index in [0.29, 0.717) is 38.9 Å². The highest BCUT2D eigenvalue weighted by molar-refractivity contribution is 6.03. The number of fused-ring (bicyclic) bond motifs is 7. The molecule has 13 nitrogen and oxygen atoms in total. The molecule has 7 aliphatic rings. The largest absolute Gasteiger partial charge is 0.411 e. The van der Waals surface area contributed by atoms with Crippen LogP contribution in [-0.2, 0) is 41.5 Å². The lowest BCUT2D eigenvalue weighted by atomic mass is 9.79. The van der Waals surface area contributed by atoms with E-state index in [-0.39, 0.29) is 29.8 Å². The quantitative estimate of drug-likeness (QED) is 0.203. The van der Waals surface area contributed by atoms with E-state index < -0.39 is 53.3 Å². The van der Waals surface area contributed by atoms with Crippen LogP contribution in [0.5, 0.6) is 0 Å². The van der Waals surface area contributed by atoms with Crippen molar-refractivity contribution in [1.82, 2.24) is 34.9 Å². The van der Waals surface area contributed by atoms with Crippen LogP contribution in [-0.4, -0.2) is 123 Å². The average molecular weight is 854 g/mol. The van der Waals surface area contributed by atoms with Crippen LogP contribution in [0.25, 0.3) is 33.0 Å². The molecule has 3 N–H and O–H groups in total. The van der Waals surface area contributed by atoms with Crippen LogP contribution in [0.4, 0.5) is 0 Å². The smallest absolute Gasteiger partial charge is 0.324 e. The number of aryl methyl sites for hydroxylation is 2. The molecule has 0 spiro atoms. The third kappa shape index (κ3) is 5.70. The third-order valence-corrected chi connectivity index (χ3v) is 15.6. The maximum absolute atomic E-state index is 15.6. The molecule has 0 bridgehead atoms. The van der Waals surface area contributed by atoms with Gasteiger partial charge in [-0.15, -0.1) is 0 Å². The van der Waals surface area contributed by atoms with E-state index in [1.54, 1.807) is 4.90 Å². The zero-order valence-corrected chi connectivity index (χ0v) is 37.6. The number of nitrogens with zero attached hydrogens (tertiary/aromatic N) is 4. The van der Waals surface area contributed by atoms with Gasteiger partial charge in [-0.1, -0.05) is 64.1 Å². The van der Waals surface area contributed by atoms with E-state index in [9.17, 15) is 9.59 Å². The number of esters is 1. The second-order valence-corrected chi connectivity index (χ2v) is 20.2. The van der Waals surface area contributed by atoms with Gasteiger partial charge < -0.3 is 24.9 Å². The number of aromatic nitrogens is 2. The second-order valence-electron chi connectivity index (χ2n) is 20.2. The highest BCUT2D eigenvalue weighted by Crippen LogP contribution is 2.52. The number of rotatable bonds is 7. The fourth-order valence-electron chi connectivity index (χ4n) is 12.6. The number of ether oxygens (including phenoxy) is 2. The summed E-state index contributed by atoms with van der Waals surface area (Å²) in [5, 5.41) is 5.56. The van der Waals surface area contributed by atoms with E-state index in [1.807, 2.05) is 40.8 Å². The molecule has 330 valence electrons. The van der Waals surface area contributed by atoms with Crippen molar-refractivity contribution in [3.05, 3.63) is 82.2 Å². The first kappa shape index (κ1) is 40.5. The summed E-state index contributed by atoms with van der Waals surface area (Å²) in [5.74, 6) is -5.45. The van der Waals surface area contributed by atoms with Gasteiger partial charge in [-0.2, -0.15) is 0 Å². The van der Waals surface area contributed by atoms with E-state index in [4.69, 9.17) is 9.47 Å². The number of amides is 3. The zero-order chi connectivity index (χ0) is 44.0. The number of H-pyrrole nitrogens is 2. The number of carbonyl (C=O) groups excluding carboxylic acids is 4. The predicted molar refractivity (Wildman–Crippen MR) is 240 cm³/mol. The monoisotopic (exact) mass is 853 g/mol. The summed E-state index contributed by atoms with van der Waals surface area (Å²) in [5.41, 5.74) is 9.55. The van der Waals surface area contributed by atoms with Gasteiger partial charge in [0.15, 0.2) is 0 Å². The van der Waals surface area contributed by atoms with Crippen LogP contribution in [0.1, 0.15) is 80.6 Å². The molecule has 0 radical (unpaired) electrons. The Labute approximate surface area is 368 Å². The normalized spacial score (nSPS) is 31.3. The van der Waals surface area contributed by atoms with Crippen molar-refractivity contribution >= 4 is 56.6 Å². The minimum Gasteiger partial charge on any atom is -0.411 e. The Morgan fingerprint density at radius 1 is 0.857 bits per heavy atom. The van der Waals surface area contributed by atoms with Crippen LogP contribution < -0.4 is 5.32 Å². The number of benzene rings is 2. The molecule has 2 aliphatic carbocycles. The number of piperazine rings is 1. The van der Waals surface area contributed by atoms with Crippen LogP contribution >= 0.6 is 0 Å². The van der Waals surface area contributed by atoms with Gasteiger partial charge in [-0.05, 0) is 111 Å². The number of hydrogen-bond acceptors (Lipinski definition) is 8. The molecule has 0 unspecified atom stereocenters. The van der Waals surface area contributed by atoms with E-state index in [0.717, 1.165) is 57.5 Å². The lowest BCUT2D eigenvalue weighted by molar-refractivity contribution is -0.329. The minimum atomic E-state index is -1.96. The van der Waals surface area contributed by atoms with Crippen molar-refractivity contribution in [3.63, 3.8) is 0 Å². The topological polar surface area (TPSA) is 143 Å². The summed E-state index contributed by atoms with van der Waals surface area (Å²) in [6.07, 6.45) is 7.26. The van der Waals surface area contributed by atoms with Crippen LogP contribution in [0.15, 0.2) is 48.6 Å². The number of aromatic amines is 2. The van der Waals surface area contributed by atoms with Crippen molar-refractivity contribution < 1.29 is 28.7 Å². The van der Waals surface area contributed by atoms with Crippen LogP contribution in [0, 0.1) is 37.5 Å². The standard InChI is InChI=1S/C50H59N7O6/c1-25(2)18-41-46(59)56-17-11-16-42(56)50(62-47(60)30-20-36-32-13-10-15-38-44(32)34(28(6)52-38)22-40(36)55(8)24-30)57(41)48(61)49(63-50,26(3)4)53-45(58)29-19-35-31-12-9-14-37-43(31)33(27(5)51-37)21-39(35)54(7)23-29/h9-10,12-15,19-20,25-26,29-30,39-42,51-52H,11,16-18,21-24H2,1-8H3,(H,53,58)/t29-,30-,39-,40-,41+,42+,49-,50+/m1/s1. The van der Waals surface area contributed by atoms with Crippen LogP contribution in [0.2, 0.25) is 0 Å². The van der Waals surface area contributed by atoms with Crippen molar-refractivity contribution in [1.29, 1.82) is 0 Å². The molecule has 3 saturated heterocycles. The second kappa shape index (κ2) is 14.1. The number of nitrogens with one attached hydrogen (secondary N) is 3. The van der Waals surface area contributed by atoms with Crippen molar-refractivity contribution in [2.75, 3.05) is 33.7 Å². The summed E-state index contributed by atoms with van der Waals surface area (Å²) in [6.45, 7) is 13.3. The summed E-state index contributed by atoms with van der Waals surface area (Å²) >= 11 is 0. The Balaban J connectivity index is 0.978. The van der Waals surface area contributed by atoms with Crippen molar-refractivity contribution in [2.45, 2.75) is 109 Å². The van der Waals surface area contributed by atoms with Gasteiger partial charge in [-0.3, -0.25) is 38.6 Å². The van der Waals surface area contributed by atoms with Gasteiger partial charge in [-0.25, -0.2) is 0 Å². The van der Waals surface area contributed by atoms with Crippen molar-refractivity contribution in [2.24, 2.45) is 23.7 Å². The molecule has 4 aromatic rings. The Hall–Kier alpha value is -5.24. The molecule has 63 heavy (non-hydrogen) atoms. The van der Waals surface area contributed by atoms with Gasteiger partial charge in [0.1, 0.15) is 12.1 Å². The highest BCUT2D eigenvalue weighted by atomic mass is 16.8. The van der Waals surface area contributed by atoms with E-state index in [2.05, 4.69) is 88.5 Å². The summed E-state index contributed by atoms with van der Waals surface area (Å²) in [6, 6.07) is 11.0. The lowest BCUT2D eigenvalue weighted by Gasteiger charge is -2.51. The Kier molecular flexibility index (Phi) is 9.09. The first-order valence-corrected chi connectivity index (χ1v) is 23.1. The van der Waals surface area contributed by atoms with Crippen molar-refractivity contribution in [3.8, 4) is 0 Å². The lowest BCUT2D eigenvalue weighted by Crippen LogP contribution is -2.72. The molecule has 8 atom stereocenters. The van der Waals surface area contributed by atoms with E-state index in [1.165, 1.54) is 26.8 Å². The molecule has 2 aromatic carbocycles. The number of carbonyl (C=O) groups is 4. The highest BCUT2D eigenvalue weighted by Gasteiger charge is 2.74. The fourth-order valence-corrected chi connectivity index (χ4v) is 12.6. The first-order valence-electron chi connectivity index (χ1n) is 23.1. The molecule has 2 aromatic heterocycles. The molecule has 3 amide bonds. The Morgan fingerprint density at radius 2 is 1.43 bits per heavy atom. The Bertz CT molecular complexity index is 2710. The molecule has 7 heterocycles. The molecule has 0 saturated carbocycles. The SMILES string of the molecule is Cc1[nH]c2cccc3c2c1C[C@@H]1C3=C[C@@H](C(=O)N[C@]2(C(C)C)O[C@@]3(OC(=O)[C@@H]4C=C5c6cccc7[nH]c(C)c(c67)C[C@H]5N(C)C4)[C@@H]4CCCN4C(=O)[C@H](CC(C)C)N3C2=O)CN1C. The summed E-state index contributed by atoms with van der Waals surface area (Å²) < 4.78 is 14.0. The van der Waals surface area contributed by atoms with E-state index >= 15 is 9.59 Å². The van der Waals surface area contributed by atoms with Crippen LogP contribution in [0.3, 0.4) is 0 Å². The number of likely N-dealkylation sites (N-methyl/N-ethyl adjacent to an activating group) is 2. The fraction of sp³-hybridized carbons (Fsp3) is 0.520. The molecule has 13 heteroatoms.